The standard InChI is InChI=1S/C17H23IO5/c1-4-12(19)13-14(15-16(21-13)23-17(2,3)22-15)20-9-10-7-5-6-8-11(10)18/h5-8,12-16,19H,4,9H2,1-3H3/t12-,13-,14+,15-,16-/m1/s1. The molecule has 0 amide bonds. The summed E-state index contributed by atoms with van der Waals surface area (Å²) in [6, 6.07) is 8.08. The Kier molecular flexibility index (Phi) is 5.30. The van der Waals surface area contributed by atoms with E-state index in [1.54, 1.807) is 0 Å². The Labute approximate surface area is 150 Å². The van der Waals surface area contributed by atoms with Crippen molar-refractivity contribution in [2.75, 3.05) is 0 Å². The van der Waals surface area contributed by atoms with Crippen molar-refractivity contribution in [3.05, 3.63) is 33.4 Å². The second-order valence-corrected chi connectivity index (χ2v) is 7.57. The Morgan fingerprint density at radius 1 is 1.30 bits per heavy atom. The summed E-state index contributed by atoms with van der Waals surface area (Å²) in [6.45, 7) is 6.09. The van der Waals surface area contributed by atoms with Gasteiger partial charge in [-0.1, -0.05) is 25.1 Å². The lowest BCUT2D eigenvalue weighted by atomic mass is 10.0. The van der Waals surface area contributed by atoms with E-state index >= 15 is 0 Å². The molecule has 0 radical (unpaired) electrons. The second kappa shape index (κ2) is 6.93. The van der Waals surface area contributed by atoms with Crippen molar-refractivity contribution in [2.24, 2.45) is 0 Å². The van der Waals surface area contributed by atoms with E-state index in [1.165, 1.54) is 0 Å². The summed E-state index contributed by atoms with van der Waals surface area (Å²) >= 11 is 2.29. The molecule has 5 nitrogen and oxygen atoms in total. The number of hydrogen-bond donors (Lipinski definition) is 1. The average molecular weight is 434 g/mol. The molecule has 0 aromatic heterocycles. The van der Waals surface area contributed by atoms with Crippen LogP contribution in [0.15, 0.2) is 24.3 Å². The first-order valence-corrected chi connectivity index (χ1v) is 9.03. The van der Waals surface area contributed by atoms with E-state index in [4.69, 9.17) is 18.9 Å². The van der Waals surface area contributed by atoms with E-state index in [0.29, 0.717) is 13.0 Å². The van der Waals surface area contributed by atoms with E-state index < -0.39 is 24.3 Å². The van der Waals surface area contributed by atoms with Gasteiger partial charge in [0.25, 0.3) is 0 Å². The molecule has 2 aliphatic rings. The zero-order chi connectivity index (χ0) is 16.6. The Bertz CT molecular complexity index is 550. The van der Waals surface area contributed by atoms with Gasteiger partial charge in [0.1, 0.15) is 18.3 Å². The van der Waals surface area contributed by atoms with Crippen LogP contribution in [-0.2, 0) is 25.6 Å². The van der Waals surface area contributed by atoms with Crippen LogP contribution in [0.2, 0.25) is 0 Å². The molecular weight excluding hydrogens is 411 g/mol. The minimum Gasteiger partial charge on any atom is -0.390 e. The highest BCUT2D eigenvalue weighted by Crippen LogP contribution is 2.40. The van der Waals surface area contributed by atoms with Crippen LogP contribution in [0.25, 0.3) is 0 Å². The summed E-state index contributed by atoms with van der Waals surface area (Å²) in [7, 11) is 0. The van der Waals surface area contributed by atoms with Gasteiger partial charge in [-0.15, -0.1) is 0 Å². The number of halogens is 1. The molecule has 3 rings (SSSR count). The molecule has 1 aromatic carbocycles. The molecule has 128 valence electrons. The fourth-order valence-corrected chi connectivity index (χ4v) is 3.58. The van der Waals surface area contributed by atoms with Crippen molar-refractivity contribution >= 4 is 22.6 Å². The monoisotopic (exact) mass is 434 g/mol. The van der Waals surface area contributed by atoms with Crippen molar-refractivity contribution in [1.29, 1.82) is 0 Å². The number of hydrogen-bond acceptors (Lipinski definition) is 5. The third-order valence-corrected chi connectivity index (χ3v) is 5.27. The highest BCUT2D eigenvalue weighted by Gasteiger charge is 2.56. The fraction of sp³-hybridized carbons (Fsp3) is 0.647. The van der Waals surface area contributed by atoms with Gasteiger partial charge >= 0.3 is 0 Å². The first-order chi connectivity index (χ1) is 10.9. The van der Waals surface area contributed by atoms with E-state index in [1.807, 2.05) is 45.0 Å². The molecule has 6 heteroatoms. The second-order valence-electron chi connectivity index (χ2n) is 6.41. The number of rotatable bonds is 5. The Morgan fingerprint density at radius 3 is 2.74 bits per heavy atom. The van der Waals surface area contributed by atoms with Crippen LogP contribution in [0.3, 0.4) is 0 Å². The lowest BCUT2D eigenvalue weighted by molar-refractivity contribution is -0.230. The Hall–Kier alpha value is -0.250. The molecule has 2 heterocycles. The molecular formula is C17H23IO5. The van der Waals surface area contributed by atoms with Crippen molar-refractivity contribution in [2.45, 2.75) is 70.3 Å². The molecule has 23 heavy (non-hydrogen) atoms. The normalized spacial score (nSPS) is 33.6. The van der Waals surface area contributed by atoms with E-state index in [9.17, 15) is 5.11 Å². The van der Waals surface area contributed by atoms with Gasteiger partial charge in [-0.25, -0.2) is 0 Å². The van der Waals surface area contributed by atoms with Crippen molar-refractivity contribution < 1.29 is 24.1 Å². The van der Waals surface area contributed by atoms with Crippen molar-refractivity contribution in [1.82, 2.24) is 0 Å². The summed E-state index contributed by atoms with van der Waals surface area (Å²) in [5.41, 5.74) is 1.11. The maximum Gasteiger partial charge on any atom is 0.190 e. The maximum atomic E-state index is 10.2. The quantitative estimate of drug-likeness (QED) is 0.723. The highest BCUT2D eigenvalue weighted by molar-refractivity contribution is 14.1. The summed E-state index contributed by atoms with van der Waals surface area (Å²) < 4.78 is 24.9. The zero-order valence-corrected chi connectivity index (χ0v) is 15.7. The molecule has 0 spiro atoms. The van der Waals surface area contributed by atoms with Gasteiger partial charge in [0.15, 0.2) is 12.1 Å². The van der Waals surface area contributed by atoms with Gasteiger partial charge in [-0.05, 0) is 54.5 Å². The van der Waals surface area contributed by atoms with Gasteiger partial charge < -0.3 is 24.1 Å². The Morgan fingerprint density at radius 2 is 2.04 bits per heavy atom. The topological polar surface area (TPSA) is 57.2 Å². The predicted octanol–water partition coefficient (Wildman–Crippen LogP) is 2.82. The molecule has 0 unspecified atom stereocenters. The van der Waals surface area contributed by atoms with Gasteiger partial charge in [0.2, 0.25) is 0 Å². The SMILES string of the molecule is CC[C@@H](O)[C@H]1O[C@@H]2OC(C)(C)O[C@@H]2[C@H]1OCc1ccccc1I. The fourth-order valence-electron chi connectivity index (χ4n) is 3.04. The van der Waals surface area contributed by atoms with Gasteiger partial charge in [-0.2, -0.15) is 0 Å². The first kappa shape index (κ1) is 17.6. The largest absolute Gasteiger partial charge is 0.390 e. The molecule has 2 saturated heterocycles. The smallest absolute Gasteiger partial charge is 0.190 e. The molecule has 2 fully saturated rings. The lowest BCUT2D eigenvalue weighted by Crippen LogP contribution is -2.42. The van der Waals surface area contributed by atoms with Crippen molar-refractivity contribution in [3.63, 3.8) is 0 Å². The number of aliphatic hydroxyl groups excluding tert-OH is 1. The van der Waals surface area contributed by atoms with Crippen LogP contribution >= 0.6 is 22.6 Å². The summed E-state index contributed by atoms with van der Waals surface area (Å²) in [5, 5.41) is 10.2. The predicted molar refractivity (Wildman–Crippen MR) is 92.7 cm³/mol. The van der Waals surface area contributed by atoms with E-state index in [2.05, 4.69) is 22.6 Å². The highest BCUT2D eigenvalue weighted by atomic mass is 127. The number of benzene rings is 1. The average Bonchev–Trinajstić information content (AvgIpc) is 2.98. The molecule has 1 N–H and O–H groups in total. The van der Waals surface area contributed by atoms with Crippen LogP contribution in [0, 0.1) is 3.57 Å². The molecule has 1 aromatic rings. The van der Waals surface area contributed by atoms with Gasteiger partial charge in [0, 0.05) is 3.57 Å². The number of ether oxygens (including phenoxy) is 4. The van der Waals surface area contributed by atoms with Crippen molar-refractivity contribution in [3.8, 4) is 0 Å². The minimum atomic E-state index is -0.694. The van der Waals surface area contributed by atoms with Crippen LogP contribution in [0.1, 0.15) is 32.8 Å². The summed E-state index contributed by atoms with van der Waals surface area (Å²) in [6.07, 6.45) is -1.61. The third-order valence-electron chi connectivity index (χ3n) is 4.21. The molecule has 0 bridgehead atoms. The van der Waals surface area contributed by atoms with Crippen LogP contribution in [-0.4, -0.2) is 41.6 Å². The summed E-state index contributed by atoms with van der Waals surface area (Å²) in [4.78, 5) is 0. The van der Waals surface area contributed by atoms with Gasteiger partial charge in [-0.3, -0.25) is 0 Å². The number of aliphatic hydroxyl groups is 1. The zero-order valence-electron chi connectivity index (χ0n) is 13.6. The van der Waals surface area contributed by atoms with Gasteiger partial charge in [0.05, 0.1) is 12.7 Å². The number of fused-ring (bicyclic) bond motifs is 1. The molecule has 5 atom stereocenters. The molecule has 0 aliphatic carbocycles. The molecule has 0 saturated carbocycles. The maximum absolute atomic E-state index is 10.2. The third kappa shape index (κ3) is 3.72. The summed E-state index contributed by atoms with van der Waals surface area (Å²) in [5.74, 6) is -0.694. The van der Waals surface area contributed by atoms with Crippen LogP contribution in [0.4, 0.5) is 0 Å². The lowest BCUT2D eigenvalue weighted by Gasteiger charge is -2.28. The minimum absolute atomic E-state index is 0.322. The van der Waals surface area contributed by atoms with E-state index in [0.717, 1.165) is 9.13 Å². The van der Waals surface area contributed by atoms with Crippen LogP contribution < -0.4 is 0 Å². The Balaban J connectivity index is 1.74. The van der Waals surface area contributed by atoms with Crippen LogP contribution in [0.5, 0.6) is 0 Å². The van der Waals surface area contributed by atoms with E-state index in [-0.39, 0.29) is 12.2 Å². The first-order valence-electron chi connectivity index (χ1n) is 7.95. The molecule has 2 aliphatic heterocycles.